The summed E-state index contributed by atoms with van der Waals surface area (Å²) >= 11 is 0. The van der Waals surface area contributed by atoms with Crippen LogP contribution < -0.4 is 11.1 Å². The number of rotatable bonds is 4. The van der Waals surface area contributed by atoms with Gasteiger partial charge in [-0.3, -0.25) is 9.59 Å². The fourth-order valence-electron chi connectivity index (χ4n) is 1.66. The van der Waals surface area contributed by atoms with Crippen molar-refractivity contribution in [3.05, 3.63) is 0 Å². The van der Waals surface area contributed by atoms with Gasteiger partial charge >= 0.3 is 5.97 Å². The van der Waals surface area contributed by atoms with E-state index in [1.54, 1.807) is 7.05 Å². The zero-order valence-electron chi connectivity index (χ0n) is 8.82. The molecule has 0 aromatic carbocycles. The second kappa shape index (κ2) is 4.59. The molecule has 4 N–H and O–H groups in total. The van der Waals surface area contributed by atoms with Gasteiger partial charge in [0.25, 0.3) is 0 Å². The van der Waals surface area contributed by atoms with Crippen LogP contribution in [0.15, 0.2) is 0 Å². The van der Waals surface area contributed by atoms with Gasteiger partial charge in [-0.05, 0) is 6.42 Å². The van der Waals surface area contributed by atoms with Crippen LogP contribution in [0.5, 0.6) is 0 Å². The van der Waals surface area contributed by atoms with Crippen LogP contribution >= 0.6 is 0 Å². The molecular weight excluding hydrogens is 198 g/mol. The molecular formula is C9H17N3O3. The van der Waals surface area contributed by atoms with Crippen LogP contribution in [0, 0.1) is 0 Å². The summed E-state index contributed by atoms with van der Waals surface area (Å²) in [6.07, 6.45) is 0.822. The predicted octanol–water partition coefficient (Wildman–Crippen LogP) is -1.39. The maximum atomic E-state index is 11.0. The largest absolute Gasteiger partial charge is 0.480 e. The molecule has 15 heavy (non-hydrogen) atoms. The molecule has 1 rings (SSSR count). The summed E-state index contributed by atoms with van der Waals surface area (Å²) in [6, 6.07) is 0. The van der Waals surface area contributed by atoms with Gasteiger partial charge < -0.3 is 21.1 Å². The summed E-state index contributed by atoms with van der Waals surface area (Å²) in [6.45, 7) is 1.52. The molecule has 0 radical (unpaired) electrons. The Kier molecular flexibility index (Phi) is 3.65. The van der Waals surface area contributed by atoms with E-state index in [0.717, 1.165) is 0 Å². The maximum Gasteiger partial charge on any atom is 0.325 e. The lowest BCUT2D eigenvalue weighted by atomic mass is 10.0. The summed E-state index contributed by atoms with van der Waals surface area (Å²) in [5, 5.41) is 11.4. The average molecular weight is 215 g/mol. The van der Waals surface area contributed by atoms with E-state index in [9.17, 15) is 9.59 Å². The van der Waals surface area contributed by atoms with Crippen molar-refractivity contribution in [1.29, 1.82) is 0 Å². The van der Waals surface area contributed by atoms with E-state index in [2.05, 4.69) is 5.32 Å². The Morgan fingerprint density at radius 3 is 2.73 bits per heavy atom. The number of nitrogens with zero attached hydrogens (tertiary/aromatic N) is 1. The number of hydrogen-bond acceptors (Lipinski definition) is 4. The molecule has 6 nitrogen and oxygen atoms in total. The molecule has 1 amide bonds. The number of hydrogen-bond donors (Lipinski definition) is 3. The molecule has 1 atom stereocenters. The Bertz CT molecular complexity index is 269. The van der Waals surface area contributed by atoms with E-state index in [4.69, 9.17) is 10.8 Å². The first-order valence-corrected chi connectivity index (χ1v) is 4.93. The topological polar surface area (TPSA) is 95.7 Å². The smallest absolute Gasteiger partial charge is 0.325 e. The van der Waals surface area contributed by atoms with E-state index in [1.807, 2.05) is 4.90 Å². The number of carboxylic acid groups (broad SMARTS) is 1. The quantitative estimate of drug-likeness (QED) is 0.536. The Hall–Kier alpha value is -1.14. The zero-order valence-corrected chi connectivity index (χ0v) is 8.82. The standard InChI is InChI=1S/C9H17N3O3/c1-11-7(13)2-4-12-5-3-9(10,6-12)8(14)15/h2-6,10H2,1H3,(H,11,13)(H,14,15). The van der Waals surface area contributed by atoms with Crippen LogP contribution in [-0.2, 0) is 9.59 Å². The highest BCUT2D eigenvalue weighted by atomic mass is 16.4. The number of carboxylic acids is 1. The summed E-state index contributed by atoms with van der Waals surface area (Å²) in [5.74, 6) is -1.01. The van der Waals surface area contributed by atoms with Crippen molar-refractivity contribution < 1.29 is 14.7 Å². The van der Waals surface area contributed by atoms with Crippen molar-refractivity contribution in [1.82, 2.24) is 10.2 Å². The summed E-state index contributed by atoms with van der Waals surface area (Å²) in [4.78, 5) is 23.7. The van der Waals surface area contributed by atoms with Gasteiger partial charge in [0.05, 0.1) is 0 Å². The summed E-state index contributed by atoms with van der Waals surface area (Å²) in [5.41, 5.74) is 4.55. The van der Waals surface area contributed by atoms with Crippen LogP contribution in [0.3, 0.4) is 0 Å². The van der Waals surface area contributed by atoms with Gasteiger partial charge in [-0.2, -0.15) is 0 Å². The zero-order chi connectivity index (χ0) is 11.5. The van der Waals surface area contributed by atoms with Crippen molar-refractivity contribution in [2.45, 2.75) is 18.4 Å². The van der Waals surface area contributed by atoms with Gasteiger partial charge in [0, 0.05) is 33.1 Å². The predicted molar refractivity (Wildman–Crippen MR) is 54.3 cm³/mol. The number of carbonyl (C=O) groups excluding carboxylic acids is 1. The average Bonchev–Trinajstić information content (AvgIpc) is 2.58. The van der Waals surface area contributed by atoms with E-state index >= 15 is 0 Å². The minimum absolute atomic E-state index is 0.0418. The van der Waals surface area contributed by atoms with Crippen molar-refractivity contribution >= 4 is 11.9 Å². The molecule has 1 fully saturated rings. The first kappa shape index (κ1) is 11.9. The monoisotopic (exact) mass is 215 g/mol. The van der Waals surface area contributed by atoms with Crippen LogP contribution in [0.2, 0.25) is 0 Å². The van der Waals surface area contributed by atoms with E-state index in [0.29, 0.717) is 32.5 Å². The molecule has 0 aliphatic carbocycles. The molecule has 6 heteroatoms. The highest BCUT2D eigenvalue weighted by molar-refractivity contribution is 5.79. The van der Waals surface area contributed by atoms with Crippen LogP contribution in [0.1, 0.15) is 12.8 Å². The number of carbonyl (C=O) groups is 2. The van der Waals surface area contributed by atoms with Gasteiger partial charge in [0.15, 0.2) is 0 Å². The number of nitrogens with one attached hydrogen (secondary N) is 1. The highest BCUT2D eigenvalue weighted by Gasteiger charge is 2.40. The SMILES string of the molecule is CNC(=O)CCN1CCC(N)(C(=O)O)C1. The van der Waals surface area contributed by atoms with Gasteiger partial charge in [0.1, 0.15) is 5.54 Å². The number of amides is 1. The molecule has 1 heterocycles. The van der Waals surface area contributed by atoms with Gasteiger partial charge in [-0.15, -0.1) is 0 Å². The van der Waals surface area contributed by atoms with E-state index < -0.39 is 11.5 Å². The molecule has 1 unspecified atom stereocenters. The molecule has 0 aromatic heterocycles. The number of nitrogens with two attached hydrogens (primary N) is 1. The van der Waals surface area contributed by atoms with Crippen LogP contribution in [0.25, 0.3) is 0 Å². The third kappa shape index (κ3) is 2.90. The molecule has 1 saturated heterocycles. The van der Waals surface area contributed by atoms with Crippen molar-refractivity contribution in [3.8, 4) is 0 Å². The minimum atomic E-state index is -1.14. The second-order valence-corrected chi connectivity index (χ2v) is 3.91. The molecule has 1 aliphatic rings. The Morgan fingerprint density at radius 2 is 2.27 bits per heavy atom. The lowest BCUT2D eigenvalue weighted by Gasteiger charge is -2.19. The Morgan fingerprint density at radius 1 is 1.60 bits per heavy atom. The fraction of sp³-hybridized carbons (Fsp3) is 0.778. The summed E-state index contributed by atoms with van der Waals surface area (Å²) < 4.78 is 0. The van der Waals surface area contributed by atoms with Crippen LogP contribution in [-0.4, -0.2) is 54.1 Å². The minimum Gasteiger partial charge on any atom is -0.480 e. The molecule has 0 aromatic rings. The Labute approximate surface area is 88.4 Å². The van der Waals surface area contributed by atoms with Crippen molar-refractivity contribution in [2.24, 2.45) is 5.73 Å². The first-order valence-electron chi connectivity index (χ1n) is 4.93. The lowest BCUT2D eigenvalue weighted by molar-refractivity contribution is -0.142. The second-order valence-electron chi connectivity index (χ2n) is 3.91. The van der Waals surface area contributed by atoms with Crippen molar-refractivity contribution in [2.75, 3.05) is 26.7 Å². The normalized spacial score (nSPS) is 26.5. The third-order valence-corrected chi connectivity index (χ3v) is 2.74. The van der Waals surface area contributed by atoms with Gasteiger partial charge in [-0.25, -0.2) is 0 Å². The molecule has 0 bridgehead atoms. The fourth-order valence-corrected chi connectivity index (χ4v) is 1.66. The van der Waals surface area contributed by atoms with Gasteiger partial charge in [-0.1, -0.05) is 0 Å². The molecule has 86 valence electrons. The Balaban J connectivity index is 2.37. The number of likely N-dealkylation sites (tertiary alicyclic amines) is 1. The maximum absolute atomic E-state index is 11.0. The highest BCUT2D eigenvalue weighted by Crippen LogP contribution is 2.18. The number of aliphatic carboxylic acids is 1. The molecule has 0 spiro atoms. The van der Waals surface area contributed by atoms with Crippen molar-refractivity contribution in [3.63, 3.8) is 0 Å². The third-order valence-electron chi connectivity index (χ3n) is 2.74. The van der Waals surface area contributed by atoms with Gasteiger partial charge in [0.2, 0.25) is 5.91 Å². The first-order chi connectivity index (χ1) is 6.98. The van der Waals surface area contributed by atoms with Crippen LogP contribution in [0.4, 0.5) is 0 Å². The molecule has 0 saturated carbocycles. The van der Waals surface area contributed by atoms with E-state index in [-0.39, 0.29) is 5.91 Å². The van der Waals surface area contributed by atoms with E-state index in [1.165, 1.54) is 0 Å². The molecule has 1 aliphatic heterocycles. The lowest BCUT2D eigenvalue weighted by Crippen LogP contribution is -2.50. The summed E-state index contributed by atoms with van der Waals surface area (Å²) in [7, 11) is 1.58.